The van der Waals surface area contributed by atoms with Gasteiger partial charge >= 0.3 is 0 Å². The standard InChI is InChI=1S/C29H30Cl2N6O3/c30-23-1-6-27(28(31)15-23)29(19-37-21-33-20-34-37)39-18-26(40-29)17-38-25-4-2-24(3-5-25)36-13-11-35(12-14-36)16-22-7-9-32-10-8-22/h1-10,15,20-21,26H,11-14,16-19H2. The van der Waals surface area contributed by atoms with Crippen molar-refractivity contribution < 1.29 is 14.2 Å². The predicted molar refractivity (Wildman–Crippen MR) is 153 cm³/mol. The quantitative estimate of drug-likeness (QED) is 0.283. The SMILES string of the molecule is Clc1ccc(C2(Cn3cncn3)OCC(COc3ccc(N4CCN(Cc5ccncc5)CC4)cc3)O2)c(Cl)c1. The second-order valence-corrected chi connectivity index (χ2v) is 10.8. The van der Waals surface area contributed by atoms with Crippen LogP contribution in [0.1, 0.15) is 11.1 Å². The Kier molecular flexibility index (Phi) is 8.17. The Labute approximate surface area is 243 Å². The molecular weight excluding hydrogens is 551 g/mol. The molecule has 0 bridgehead atoms. The van der Waals surface area contributed by atoms with Gasteiger partial charge < -0.3 is 19.1 Å². The van der Waals surface area contributed by atoms with Crippen LogP contribution in [0.15, 0.2) is 79.6 Å². The third-order valence-electron chi connectivity index (χ3n) is 7.20. The summed E-state index contributed by atoms with van der Waals surface area (Å²) in [6, 6.07) is 17.7. The Balaban J connectivity index is 1.04. The summed E-state index contributed by atoms with van der Waals surface area (Å²) in [6.07, 6.45) is 6.49. The number of rotatable bonds is 9. The maximum absolute atomic E-state index is 6.55. The molecule has 2 aliphatic heterocycles. The molecule has 2 aromatic carbocycles. The molecule has 0 saturated carbocycles. The van der Waals surface area contributed by atoms with Gasteiger partial charge in [-0.2, -0.15) is 5.10 Å². The summed E-state index contributed by atoms with van der Waals surface area (Å²) in [6.45, 7) is 5.93. The number of nitrogens with zero attached hydrogens (tertiary/aromatic N) is 6. The van der Waals surface area contributed by atoms with Crippen molar-refractivity contribution in [3.05, 3.63) is 101 Å². The molecule has 2 aliphatic rings. The van der Waals surface area contributed by atoms with Crippen LogP contribution < -0.4 is 9.64 Å². The summed E-state index contributed by atoms with van der Waals surface area (Å²) in [5.74, 6) is -0.353. The van der Waals surface area contributed by atoms with Crippen molar-refractivity contribution in [3.63, 3.8) is 0 Å². The van der Waals surface area contributed by atoms with Crippen molar-refractivity contribution in [1.82, 2.24) is 24.6 Å². The van der Waals surface area contributed by atoms with Crippen molar-refractivity contribution in [2.75, 3.05) is 44.3 Å². The lowest BCUT2D eigenvalue weighted by Gasteiger charge is -2.36. The molecular formula is C29H30Cl2N6O3. The summed E-state index contributed by atoms with van der Waals surface area (Å²) in [5.41, 5.74) is 3.18. The fourth-order valence-electron chi connectivity index (χ4n) is 5.14. The van der Waals surface area contributed by atoms with Gasteiger partial charge in [0.25, 0.3) is 0 Å². The number of hydrogen-bond donors (Lipinski definition) is 0. The number of halogens is 2. The Bertz CT molecular complexity index is 1380. The molecule has 0 aliphatic carbocycles. The molecule has 40 heavy (non-hydrogen) atoms. The summed E-state index contributed by atoms with van der Waals surface area (Å²) >= 11 is 12.7. The third kappa shape index (κ3) is 6.24. The molecule has 0 spiro atoms. The normalized spacial score (nSPS) is 21.6. The molecule has 4 heterocycles. The Morgan fingerprint density at radius 1 is 0.950 bits per heavy atom. The molecule has 2 aromatic heterocycles. The first-order valence-corrected chi connectivity index (χ1v) is 14.0. The van der Waals surface area contributed by atoms with E-state index in [4.69, 9.17) is 37.4 Å². The first kappa shape index (κ1) is 27.0. The molecule has 6 rings (SSSR count). The zero-order chi connectivity index (χ0) is 27.4. The van der Waals surface area contributed by atoms with E-state index >= 15 is 0 Å². The van der Waals surface area contributed by atoms with Crippen molar-refractivity contribution in [1.29, 1.82) is 0 Å². The van der Waals surface area contributed by atoms with Crippen LogP contribution in [0.25, 0.3) is 0 Å². The van der Waals surface area contributed by atoms with E-state index in [-0.39, 0.29) is 12.6 Å². The third-order valence-corrected chi connectivity index (χ3v) is 7.75. The van der Waals surface area contributed by atoms with E-state index in [1.807, 2.05) is 30.6 Å². The number of hydrogen-bond acceptors (Lipinski definition) is 8. The fourth-order valence-corrected chi connectivity index (χ4v) is 5.69. The zero-order valence-electron chi connectivity index (χ0n) is 21.9. The van der Waals surface area contributed by atoms with Gasteiger partial charge in [-0.05, 0) is 54.1 Å². The predicted octanol–water partition coefficient (Wildman–Crippen LogP) is 4.65. The Morgan fingerprint density at radius 2 is 1.75 bits per heavy atom. The van der Waals surface area contributed by atoms with Crippen molar-refractivity contribution in [3.8, 4) is 5.75 Å². The van der Waals surface area contributed by atoms with Crippen LogP contribution in [0, 0.1) is 0 Å². The molecule has 9 nitrogen and oxygen atoms in total. The monoisotopic (exact) mass is 580 g/mol. The van der Waals surface area contributed by atoms with Gasteiger partial charge in [0, 0.05) is 61.4 Å². The van der Waals surface area contributed by atoms with Gasteiger partial charge in [-0.3, -0.25) is 9.88 Å². The second kappa shape index (κ2) is 12.1. The van der Waals surface area contributed by atoms with E-state index in [2.05, 4.69) is 49.1 Å². The largest absolute Gasteiger partial charge is 0.491 e. The van der Waals surface area contributed by atoms with Gasteiger partial charge in [0.2, 0.25) is 5.79 Å². The van der Waals surface area contributed by atoms with Gasteiger partial charge in [0.1, 0.15) is 37.7 Å². The van der Waals surface area contributed by atoms with Gasteiger partial charge in [0.15, 0.2) is 0 Å². The fraction of sp³-hybridized carbons (Fsp3) is 0.345. The average molecular weight is 582 g/mol. The Hall–Kier alpha value is -3.21. The molecule has 4 aromatic rings. The summed E-state index contributed by atoms with van der Waals surface area (Å²) in [7, 11) is 0. The molecule has 208 valence electrons. The minimum Gasteiger partial charge on any atom is -0.491 e. The van der Waals surface area contributed by atoms with Crippen LogP contribution >= 0.6 is 23.2 Å². The highest BCUT2D eigenvalue weighted by Crippen LogP contribution is 2.40. The van der Waals surface area contributed by atoms with Gasteiger partial charge in [-0.15, -0.1) is 0 Å². The van der Waals surface area contributed by atoms with E-state index in [0.29, 0.717) is 28.8 Å². The summed E-state index contributed by atoms with van der Waals surface area (Å²) in [4.78, 5) is 13.0. The highest BCUT2D eigenvalue weighted by molar-refractivity contribution is 6.35. The molecule has 2 saturated heterocycles. The van der Waals surface area contributed by atoms with Crippen molar-refractivity contribution >= 4 is 28.9 Å². The van der Waals surface area contributed by atoms with Gasteiger partial charge in [-0.25, -0.2) is 9.67 Å². The van der Waals surface area contributed by atoms with Crippen LogP contribution in [0.5, 0.6) is 5.75 Å². The highest BCUT2D eigenvalue weighted by atomic mass is 35.5. The van der Waals surface area contributed by atoms with E-state index < -0.39 is 5.79 Å². The number of piperazine rings is 1. The van der Waals surface area contributed by atoms with Crippen molar-refractivity contribution in [2.24, 2.45) is 0 Å². The minimum absolute atomic E-state index is 0.287. The topological polar surface area (TPSA) is 77.8 Å². The van der Waals surface area contributed by atoms with E-state index in [0.717, 1.165) is 38.5 Å². The summed E-state index contributed by atoms with van der Waals surface area (Å²) in [5, 5.41) is 5.22. The number of pyridine rings is 1. The molecule has 11 heteroatoms. The molecule has 0 amide bonds. The van der Waals surface area contributed by atoms with E-state index in [1.165, 1.54) is 17.6 Å². The number of ether oxygens (including phenoxy) is 3. The van der Waals surface area contributed by atoms with Crippen LogP contribution in [-0.2, 0) is 28.4 Å². The number of anilines is 1. The van der Waals surface area contributed by atoms with Crippen LogP contribution in [-0.4, -0.2) is 70.1 Å². The van der Waals surface area contributed by atoms with Gasteiger partial charge in [0.05, 0.1) is 11.6 Å². The molecule has 2 atom stereocenters. The van der Waals surface area contributed by atoms with Crippen molar-refractivity contribution in [2.45, 2.75) is 25.0 Å². The number of benzene rings is 2. The van der Waals surface area contributed by atoms with Crippen LogP contribution in [0.3, 0.4) is 0 Å². The first-order valence-electron chi connectivity index (χ1n) is 13.3. The lowest BCUT2D eigenvalue weighted by Crippen LogP contribution is -2.45. The smallest absolute Gasteiger partial charge is 0.217 e. The maximum atomic E-state index is 6.55. The highest BCUT2D eigenvalue weighted by Gasteiger charge is 2.45. The van der Waals surface area contributed by atoms with Crippen LogP contribution in [0.2, 0.25) is 10.0 Å². The molecule has 0 N–H and O–H groups in total. The maximum Gasteiger partial charge on any atom is 0.217 e. The van der Waals surface area contributed by atoms with E-state index in [9.17, 15) is 0 Å². The van der Waals surface area contributed by atoms with Crippen LogP contribution in [0.4, 0.5) is 5.69 Å². The molecule has 2 fully saturated rings. The summed E-state index contributed by atoms with van der Waals surface area (Å²) < 4.78 is 20.4. The average Bonchev–Trinajstić information content (AvgIpc) is 3.64. The number of aromatic nitrogens is 4. The van der Waals surface area contributed by atoms with E-state index in [1.54, 1.807) is 23.1 Å². The Morgan fingerprint density at radius 3 is 2.48 bits per heavy atom. The van der Waals surface area contributed by atoms with Gasteiger partial charge in [-0.1, -0.05) is 29.3 Å². The minimum atomic E-state index is -1.13. The first-order chi connectivity index (χ1) is 19.6. The molecule has 2 unspecified atom stereocenters. The lowest BCUT2D eigenvalue weighted by atomic mass is 10.1. The lowest BCUT2D eigenvalue weighted by molar-refractivity contribution is -0.190. The second-order valence-electron chi connectivity index (χ2n) is 9.94. The molecule has 0 radical (unpaired) electrons. The zero-order valence-corrected chi connectivity index (χ0v) is 23.4.